The van der Waals surface area contributed by atoms with Gasteiger partial charge in [-0.2, -0.15) is 0 Å². The van der Waals surface area contributed by atoms with Crippen molar-refractivity contribution in [3.05, 3.63) is 46.6 Å². The minimum atomic E-state index is -0.106. The van der Waals surface area contributed by atoms with E-state index in [-0.39, 0.29) is 12.0 Å². The van der Waals surface area contributed by atoms with E-state index < -0.39 is 0 Å². The number of benzene rings is 1. The van der Waals surface area contributed by atoms with Gasteiger partial charge < -0.3 is 19.1 Å². The molecule has 1 aliphatic rings. The van der Waals surface area contributed by atoms with Gasteiger partial charge in [-0.15, -0.1) is 0 Å². The second-order valence-corrected chi connectivity index (χ2v) is 6.14. The van der Waals surface area contributed by atoms with Crippen LogP contribution in [0.4, 0.5) is 0 Å². The van der Waals surface area contributed by atoms with Gasteiger partial charge in [0.1, 0.15) is 6.10 Å². The molecular weight excluding hydrogens is 376 g/mol. The third kappa shape index (κ3) is 3.17. The molecule has 0 bridgehead atoms. The van der Waals surface area contributed by atoms with Crippen LogP contribution in [0.1, 0.15) is 10.4 Å². The Labute approximate surface area is 148 Å². The summed E-state index contributed by atoms with van der Waals surface area (Å²) < 4.78 is 17.1. The number of carbonyl (C=O) groups excluding carboxylic acids is 1. The van der Waals surface area contributed by atoms with Crippen molar-refractivity contribution < 1.29 is 19.0 Å². The fraction of sp³-hybridized carbons (Fsp3) is 0.294. The molecule has 0 N–H and O–H groups in total. The summed E-state index contributed by atoms with van der Waals surface area (Å²) in [6, 6.07) is 8.95. The van der Waals surface area contributed by atoms with Crippen LogP contribution in [0.3, 0.4) is 0 Å². The molecule has 2 heterocycles. The summed E-state index contributed by atoms with van der Waals surface area (Å²) in [6.45, 7) is 1.00. The Bertz CT molecular complexity index is 747. The molecule has 3 rings (SSSR count). The van der Waals surface area contributed by atoms with Crippen LogP contribution in [-0.4, -0.2) is 49.2 Å². The largest absolute Gasteiger partial charge is 0.493 e. The van der Waals surface area contributed by atoms with Crippen molar-refractivity contribution in [1.29, 1.82) is 0 Å². The number of nitrogens with zero attached hydrogens (tertiary/aromatic N) is 2. The van der Waals surface area contributed by atoms with E-state index in [1.54, 1.807) is 36.4 Å². The lowest BCUT2D eigenvalue weighted by Crippen LogP contribution is -2.56. The van der Waals surface area contributed by atoms with Crippen LogP contribution in [0.5, 0.6) is 17.4 Å². The number of pyridine rings is 1. The number of rotatable bonds is 5. The Morgan fingerprint density at radius 1 is 1.21 bits per heavy atom. The Morgan fingerprint density at radius 2 is 2.00 bits per heavy atom. The van der Waals surface area contributed by atoms with E-state index in [9.17, 15) is 4.79 Å². The average Bonchev–Trinajstić information content (AvgIpc) is 2.57. The third-order valence-electron chi connectivity index (χ3n) is 3.77. The molecule has 0 atom stereocenters. The van der Waals surface area contributed by atoms with Crippen LogP contribution in [0.2, 0.25) is 0 Å². The third-order valence-corrected chi connectivity index (χ3v) is 4.38. The van der Waals surface area contributed by atoms with Crippen molar-refractivity contribution in [2.45, 2.75) is 6.10 Å². The first-order chi connectivity index (χ1) is 11.6. The predicted octanol–water partition coefficient (Wildman–Crippen LogP) is 2.76. The highest BCUT2D eigenvalue weighted by atomic mass is 79.9. The van der Waals surface area contributed by atoms with Gasteiger partial charge in [0.2, 0.25) is 5.88 Å². The van der Waals surface area contributed by atoms with Crippen LogP contribution in [0.15, 0.2) is 41.0 Å². The van der Waals surface area contributed by atoms with Crippen molar-refractivity contribution in [1.82, 2.24) is 9.88 Å². The van der Waals surface area contributed by atoms with Gasteiger partial charge in [0, 0.05) is 6.20 Å². The number of methoxy groups -OCH3 is 2. The van der Waals surface area contributed by atoms with Crippen LogP contribution < -0.4 is 14.2 Å². The highest BCUT2D eigenvalue weighted by Crippen LogP contribution is 2.33. The first-order valence-electron chi connectivity index (χ1n) is 7.41. The normalized spacial score (nSPS) is 14.0. The zero-order chi connectivity index (χ0) is 17.1. The van der Waals surface area contributed by atoms with E-state index in [1.165, 1.54) is 7.11 Å². The SMILES string of the molecule is COc1cccc(C(=O)N2CC(Oc3ncccc3Br)C2)c1OC. The summed E-state index contributed by atoms with van der Waals surface area (Å²) in [5.41, 5.74) is 0.481. The second kappa shape index (κ2) is 7.09. The highest BCUT2D eigenvalue weighted by Gasteiger charge is 2.35. The summed E-state index contributed by atoms with van der Waals surface area (Å²) in [4.78, 5) is 18.5. The molecule has 1 aliphatic heterocycles. The monoisotopic (exact) mass is 392 g/mol. The molecule has 0 spiro atoms. The van der Waals surface area contributed by atoms with Gasteiger partial charge >= 0.3 is 0 Å². The standard InChI is InChI=1S/C17H17BrN2O4/c1-22-14-7-3-5-12(15(14)23-2)17(21)20-9-11(10-20)24-16-13(18)6-4-8-19-16/h3-8,11H,9-10H2,1-2H3. The molecule has 1 fully saturated rings. The maximum absolute atomic E-state index is 12.6. The summed E-state index contributed by atoms with van der Waals surface area (Å²) >= 11 is 3.40. The van der Waals surface area contributed by atoms with Crippen LogP contribution in [0.25, 0.3) is 0 Å². The maximum atomic E-state index is 12.6. The summed E-state index contributed by atoms with van der Waals surface area (Å²) in [5, 5.41) is 0. The molecule has 24 heavy (non-hydrogen) atoms. The molecule has 0 unspecified atom stereocenters. The molecule has 7 heteroatoms. The van der Waals surface area contributed by atoms with Crippen LogP contribution >= 0.6 is 15.9 Å². The summed E-state index contributed by atoms with van der Waals surface area (Å²) in [5.74, 6) is 1.41. The Hall–Kier alpha value is -2.28. The van der Waals surface area contributed by atoms with Crippen LogP contribution in [-0.2, 0) is 0 Å². The lowest BCUT2D eigenvalue weighted by atomic mass is 10.1. The first-order valence-corrected chi connectivity index (χ1v) is 8.20. The minimum Gasteiger partial charge on any atom is -0.493 e. The van der Waals surface area contributed by atoms with Gasteiger partial charge in [-0.05, 0) is 40.2 Å². The van der Waals surface area contributed by atoms with E-state index >= 15 is 0 Å². The van der Waals surface area contributed by atoms with Crippen molar-refractivity contribution in [2.75, 3.05) is 27.3 Å². The average molecular weight is 393 g/mol. The number of likely N-dealkylation sites (tertiary alicyclic amines) is 1. The Kier molecular flexibility index (Phi) is 4.89. The van der Waals surface area contributed by atoms with Crippen molar-refractivity contribution in [3.8, 4) is 17.4 Å². The molecular formula is C17H17BrN2O4. The zero-order valence-electron chi connectivity index (χ0n) is 13.4. The lowest BCUT2D eigenvalue weighted by Gasteiger charge is -2.39. The van der Waals surface area contributed by atoms with Gasteiger partial charge in [0.05, 0.1) is 37.3 Å². The fourth-order valence-electron chi connectivity index (χ4n) is 2.52. The number of ether oxygens (including phenoxy) is 3. The maximum Gasteiger partial charge on any atom is 0.258 e. The van der Waals surface area contributed by atoms with E-state index in [1.807, 2.05) is 12.1 Å². The quantitative estimate of drug-likeness (QED) is 0.782. The first kappa shape index (κ1) is 16.6. The van der Waals surface area contributed by atoms with Crippen molar-refractivity contribution in [3.63, 3.8) is 0 Å². The molecule has 6 nitrogen and oxygen atoms in total. The molecule has 126 valence electrons. The molecule has 0 aliphatic carbocycles. The lowest BCUT2D eigenvalue weighted by molar-refractivity contribution is 0.0154. The molecule has 1 saturated heterocycles. The Morgan fingerprint density at radius 3 is 2.67 bits per heavy atom. The van der Waals surface area contributed by atoms with Gasteiger partial charge in [0.15, 0.2) is 11.5 Å². The fourth-order valence-corrected chi connectivity index (χ4v) is 2.87. The number of hydrogen-bond acceptors (Lipinski definition) is 5. The van der Waals surface area contributed by atoms with Gasteiger partial charge in [0.25, 0.3) is 5.91 Å². The molecule has 1 aromatic carbocycles. The van der Waals surface area contributed by atoms with Crippen LogP contribution in [0, 0.1) is 0 Å². The Balaban J connectivity index is 1.66. The van der Waals surface area contributed by atoms with Crippen molar-refractivity contribution in [2.24, 2.45) is 0 Å². The van der Waals surface area contributed by atoms with E-state index in [0.717, 1.165) is 4.47 Å². The smallest absolute Gasteiger partial charge is 0.258 e. The topological polar surface area (TPSA) is 60.9 Å². The number of aromatic nitrogens is 1. The molecule has 0 radical (unpaired) electrons. The summed E-state index contributed by atoms with van der Waals surface area (Å²) in [6.07, 6.45) is 1.60. The molecule has 1 aromatic heterocycles. The molecule has 1 amide bonds. The summed E-state index contributed by atoms with van der Waals surface area (Å²) in [7, 11) is 3.07. The highest BCUT2D eigenvalue weighted by molar-refractivity contribution is 9.10. The number of amides is 1. The zero-order valence-corrected chi connectivity index (χ0v) is 14.9. The molecule has 2 aromatic rings. The van der Waals surface area contributed by atoms with Crippen molar-refractivity contribution >= 4 is 21.8 Å². The van der Waals surface area contributed by atoms with E-state index in [0.29, 0.717) is 36.0 Å². The number of halogens is 1. The minimum absolute atomic E-state index is 0.0725. The number of hydrogen-bond donors (Lipinski definition) is 0. The number of carbonyl (C=O) groups is 1. The van der Waals surface area contributed by atoms with Gasteiger partial charge in [-0.25, -0.2) is 4.98 Å². The second-order valence-electron chi connectivity index (χ2n) is 5.28. The van der Waals surface area contributed by atoms with Gasteiger partial charge in [-0.1, -0.05) is 6.07 Å². The predicted molar refractivity (Wildman–Crippen MR) is 91.8 cm³/mol. The van der Waals surface area contributed by atoms with E-state index in [4.69, 9.17) is 14.2 Å². The molecule has 0 saturated carbocycles. The number of para-hydroxylation sites is 1. The van der Waals surface area contributed by atoms with Gasteiger partial charge in [-0.3, -0.25) is 4.79 Å². The van der Waals surface area contributed by atoms with E-state index in [2.05, 4.69) is 20.9 Å².